The van der Waals surface area contributed by atoms with Crippen molar-refractivity contribution in [3.05, 3.63) is 76.2 Å². The summed E-state index contributed by atoms with van der Waals surface area (Å²) in [7, 11) is 0. The van der Waals surface area contributed by atoms with Gasteiger partial charge in [0.1, 0.15) is 29.0 Å². The number of ether oxygens (including phenoxy) is 1. The van der Waals surface area contributed by atoms with E-state index in [1.165, 1.54) is 16.9 Å². The molecular formula is C19H15ClF3N3O2. The molecule has 0 aliphatic rings. The number of aryl methyl sites for hydroxylation is 1. The smallest absolute Gasteiger partial charge is 0.263 e. The number of aromatic nitrogens is 2. The van der Waals surface area contributed by atoms with Crippen LogP contribution in [0, 0.1) is 24.4 Å². The summed E-state index contributed by atoms with van der Waals surface area (Å²) in [6, 6.07) is 6.66. The lowest BCUT2D eigenvalue weighted by atomic mass is 10.2. The van der Waals surface area contributed by atoms with Crippen LogP contribution in [0.2, 0.25) is 5.02 Å². The maximum Gasteiger partial charge on any atom is 0.263 e. The van der Waals surface area contributed by atoms with Crippen LogP contribution in [0.25, 0.3) is 0 Å². The molecule has 0 radical (unpaired) electrons. The normalized spacial score (nSPS) is 10.8. The molecule has 0 spiro atoms. The first-order valence-corrected chi connectivity index (χ1v) is 8.55. The second-order valence-corrected chi connectivity index (χ2v) is 6.39. The van der Waals surface area contributed by atoms with Gasteiger partial charge in [-0.3, -0.25) is 4.79 Å². The van der Waals surface area contributed by atoms with Crippen molar-refractivity contribution >= 4 is 23.3 Å². The van der Waals surface area contributed by atoms with Crippen molar-refractivity contribution in [3.63, 3.8) is 0 Å². The Bertz CT molecular complexity index is 1020. The zero-order valence-corrected chi connectivity index (χ0v) is 15.4. The average molecular weight is 410 g/mol. The minimum Gasteiger partial charge on any atom is -0.482 e. The highest BCUT2D eigenvalue weighted by atomic mass is 35.5. The molecule has 0 bridgehead atoms. The molecule has 28 heavy (non-hydrogen) atoms. The van der Waals surface area contributed by atoms with E-state index in [0.29, 0.717) is 11.4 Å². The third kappa shape index (κ3) is 4.64. The van der Waals surface area contributed by atoms with Crippen LogP contribution < -0.4 is 10.1 Å². The monoisotopic (exact) mass is 409 g/mol. The average Bonchev–Trinajstić information content (AvgIpc) is 2.97. The number of amides is 1. The van der Waals surface area contributed by atoms with Gasteiger partial charge < -0.3 is 10.1 Å². The molecule has 0 aliphatic carbocycles. The van der Waals surface area contributed by atoms with Crippen molar-refractivity contribution < 1.29 is 22.7 Å². The number of carbonyl (C=O) groups excluding carboxylic acids is 1. The fourth-order valence-corrected chi connectivity index (χ4v) is 2.71. The van der Waals surface area contributed by atoms with Crippen molar-refractivity contribution in [2.24, 2.45) is 0 Å². The molecule has 0 unspecified atom stereocenters. The van der Waals surface area contributed by atoms with Gasteiger partial charge in [0, 0.05) is 11.1 Å². The molecule has 1 aromatic heterocycles. The lowest BCUT2D eigenvalue weighted by Crippen LogP contribution is -2.23. The molecule has 1 N–H and O–H groups in total. The van der Waals surface area contributed by atoms with Crippen molar-refractivity contribution in [2.75, 3.05) is 11.9 Å². The van der Waals surface area contributed by atoms with Gasteiger partial charge in [-0.2, -0.15) is 5.10 Å². The third-order valence-electron chi connectivity index (χ3n) is 3.86. The zero-order chi connectivity index (χ0) is 20.3. The number of anilines is 1. The lowest BCUT2D eigenvalue weighted by Gasteiger charge is -2.12. The minimum absolute atomic E-state index is 0.0376. The van der Waals surface area contributed by atoms with E-state index in [4.69, 9.17) is 16.3 Å². The third-order valence-corrected chi connectivity index (χ3v) is 4.16. The fourth-order valence-electron chi connectivity index (χ4n) is 2.49. The molecule has 0 saturated carbocycles. The van der Waals surface area contributed by atoms with Crippen molar-refractivity contribution in [3.8, 4) is 5.75 Å². The van der Waals surface area contributed by atoms with Gasteiger partial charge in [0.25, 0.3) is 5.91 Å². The highest BCUT2D eigenvalue weighted by molar-refractivity contribution is 6.32. The second kappa shape index (κ2) is 8.35. The summed E-state index contributed by atoms with van der Waals surface area (Å²) in [6.45, 7) is 1.25. The van der Waals surface area contributed by atoms with Crippen molar-refractivity contribution in [2.45, 2.75) is 13.5 Å². The minimum atomic E-state index is -0.582. The van der Waals surface area contributed by atoms with E-state index in [1.807, 2.05) is 0 Å². The highest BCUT2D eigenvalue weighted by Gasteiger charge is 2.15. The molecular weight excluding hydrogens is 395 g/mol. The number of carbonyl (C=O) groups is 1. The summed E-state index contributed by atoms with van der Waals surface area (Å²) < 4.78 is 46.9. The standard InChI is InChI=1S/C19H15ClF3N3O2/c1-11-8-24-26(9-12-6-13(21)2-4-16(12)23)19(11)25-18(27)10-28-17-5-3-14(22)7-15(17)20/h2-8H,9-10H2,1H3,(H,25,27). The van der Waals surface area contributed by atoms with Gasteiger partial charge in [0.2, 0.25) is 0 Å². The number of rotatable bonds is 6. The largest absolute Gasteiger partial charge is 0.482 e. The number of hydrogen-bond acceptors (Lipinski definition) is 3. The molecule has 5 nitrogen and oxygen atoms in total. The fraction of sp³-hybridized carbons (Fsp3) is 0.158. The molecule has 3 aromatic rings. The Kier molecular flexibility index (Phi) is 5.89. The van der Waals surface area contributed by atoms with Crippen LogP contribution in [-0.2, 0) is 11.3 Å². The van der Waals surface area contributed by atoms with Crippen LogP contribution in [0.15, 0.2) is 42.6 Å². The Morgan fingerprint density at radius 3 is 2.64 bits per heavy atom. The number of halogens is 4. The topological polar surface area (TPSA) is 56.2 Å². The molecule has 0 saturated heterocycles. The Balaban J connectivity index is 1.69. The predicted molar refractivity (Wildman–Crippen MR) is 98.0 cm³/mol. The Labute approximate surface area is 163 Å². The summed E-state index contributed by atoms with van der Waals surface area (Å²) in [4.78, 5) is 12.2. The summed E-state index contributed by atoms with van der Waals surface area (Å²) >= 11 is 5.85. The Morgan fingerprint density at radius 2 is 1.89 bits per heavy atom. The molecule has 0 atom stereocenters. The molecule has 146 valence electrons. The second-order valence-electron chi connectivity index (χ2n) is 5.98. The maximum absolute atomic E-state index is 13.9. The SMILES string of the molecule is Cc1cnn(Cc2cc(F)ccc2F)c1NC(=O)COc1ccc(F)cc1Cl. The van der Waals surface area contributed by atoms with Gasteiger partial charge in [0.05, 0.1) is 17.8 Å². The van der Waals surface area contributed by atoms with Crippen molar-refractivity contribution in [1.29, 1.82) is 0 Å². The number of benzene rings is 2. The summed E-state index contributed by atoms with van der Waals surface area (Å²) in [5.41, 5.74) is 0.720. The number of nitrogens with zero attached hydrogens (tertiary/aromatic N) is 2. The molecule has 2 aromatic carbocycles. The van der Waals surface area contributed by atoms with Crippen molar-refractivity contribution in [1.82, 2.24) is 9.78 Å². The van der Waals surface area contributed by atoms with Gasteiger partial charge in [-0.15, -0.1) is 0 Å². The van der Waals surface area contributed by atoms with Crippen LogP contribution in [0.5, 0.6) is 5.75 Å². The molecule has 3 rings (SSSR count). The maximum atomic E-state index is 13.9. The van der Waals surface area contributed by atoms with Gasteiger partial charge in [-0.1, -0.05) is 11.6 Å². The van der Waals surface area contributed by atoms with Crippen LogP contribution in [0.3, 0.4) is 0 Å². The van der Waals surface area contributed by atoms with E-state index in [9.17, 15) is 18.0 Å². The van der Waals surface area contributed by atoms with Gasteiger partial charge in [0.15, 0.2) is 6.61 Å². The van der Waals surface area contributed by atoms with Gasteiger partial charge in [-0.25, -0.2) is 17.9 Å². The van der Waals surface area contributed by atoms with E-state index in [-0.39, 0.29) is 29.5 Å². The molecule has 9 heteroatoms. The predicted octanol–water partition coefficient (Wildman–Crippen LogP) is 4.33. The Morgan fingerprint density at radius 1 is 1.18 bits per heavy atom. The summed E-state index contributed by atoms with van der Waals surface area (Å²) in [5.74, 6) is -1.72. The highest BCUT2D eigenvalue weighted by Crippen LogP contribution is 2.25. The van der Waals surface area contributed by atoms with E-state index in [1.54, 1.807) is 6.92 Å². The zero-order valence-electron chi connectivity index (χ0n) is 14.7. The lowest BCUT2D eigenvalue weighted by molar-refractivity contribution is -0.118. The molecule has 1 heterocycles. The van der Waals surface area contributed by atoms with Crippen LogP contribution >= 0.6 is 11.6 Å². The molecule has 0 fully saturated rings. The van der Waals surface area contributed by atoms with Gasteiger partial charge >= 0.3 is 0 Å². The summed E-state index contributed by atoms with van der Waals surface area (Å²) in [5, 5.41) is 6.74. The van der Waals surface area contributed by atoms with Crippen LogP contribution in [-0.4, -0.2) is 22.3 Å². The van der Waals surface area contributed by atoms with Crippen LogP contribution in [0.1, 0.15) is 11.1 Å². The van der Waals surface area contributed by atoms with E-state index < -0.39 is 23.4 Å². The molecule has 0 aliphatic heterocycles. The Hall–Kier alpha value is -3.00. The van der Waals surface area contributed by atoms with Gasteiger partial charge in [-0.05, 0) is 43.3 Å². The first-order chi connectivity index (χ1) is 13.3. The number of nitrogens with one attached hydrogen (secondary N) is 1. The van der Waals surface area contributed by atoms with E-state index in [2.05, 4.69) is 10.4 Å². The summed E-state index contributed by atoms with van der Waals surface area (Å²) in [6.07, 6.45) is 1.49. The first-order valence-electron chi connectivity index (χ1n) is 8.17. The van der Waals surface area contributed by atoms with E-state index in [0.717, 1.165) is 30.3 Å². The first kappa shape index (κ1) is 19.8. The van der Waals surface area contributed by atoms with Crippen LogP contribution in [0.4, 0.5) is 19.0 Å². The van der Waals surface area contributed by atoms with E-state index >= 15 is 0 Å². The molecule has 1 amide bonds. The quantitative estimate of drug-likeness (QED) is 0.659. The number of hydrogen-bond donors (Lipinski definition) is 1.